The fourth-order valence-electron chi connectivity index (χ4n) is 1.75. The first-order chi connectivity index (χ1) is 9.74. The number of carbonyl (C=O) groups is 1. The molecule has 0 aliphatic heterocycles. The van der Waals surface area contributed by atoms with Crippen LogP contribution in [0.25, 0.3) is 0 Å². The first kappa shape index (κ1) is 14.0. The average molecular weight is 272 g/mol. The van der Waals surface area contributed by atoms with Crippen molar-refractivity contribution in [3.8, 4) is 5.75 Å². The molecule has 0 spiro atoms. The van der Waals surface area contributed by atoms with Gasteiger partial charge in [0.25, 0.3) is 0 Å². The molecule has 0 saturated carbocycles. The van der Waals surface area contributed by atoms with E-state index in [0.29, 0.717) is 30.2 Å². The third-order valence-corrected chi connectivity index (χ3v) is 2.73. The van der Waals surface area contributed by atoms with E-state index >= 15 is 0 Å². The number of hydrogen-bond acceptors (Lipinski definition) is 5. The zero-order valence-corrected chi connectivity index (χ0v) is 11.2. The van der Waals surface area contributed by atoms with Crippen LogP contribution in [0.3, 0.4) is 0 Å². The number of ether oxygens (including phenoxy) is 2. The summed E-state index contributed by atoms with van der Waals surface area (Å²) in [6.07, 6.45) is 1.54. The largest absolute Gasteiger partial charge is 0.490 e. The van der Waals surface area contributed by atoms with Crippen LogP contribution in [0.15, 0.2) is 42.6 Å². The molecule has 0 saturated heterocycles. The van der Waals surface area contributed by atoms with Crippen molar-refractivity contribution in [3.63, 3.8) is 0 Å². The number of nitrogens with two attached hydrogens (primary N) is 1. The Morgan fingerprint density at radius 3 is 2.75 bits per heavy atom. The maximum atomic E-state index is 12.5. The average Bonchev–Trinajstić information content (AvgIpc) is 2.48. The number of pyridine rings is 1. The summed E-state index contributed by atoms with van der Waals surface area (Å²) < 4.78 is 10.5. The summed E-state index contributed by atoms with van der Waals surface area (Å²) in [5, 5.41) is 0. The molecule has 1 aromatic heterocycles. The van der Waals surface area contributed by atoms with Gasteiger partial charge in [-0.05, 0) is 24.3 Å². The van der Waals surface area contributed by atoms with Crippen LogP contribution < -0.4 is 10.5 Å². The van der Waals surface area contributed by atoms with Crippen LogP contribution in [0, 0.1) is 0 Å². The highest BCUT2D eigenvalue weighted by atomic mass is 16.5. The van der Waals surface area contributed by atoms with Crippen molar-refractivity contribution < 1.29 is 14.3 Å². The predicted octanol–water partition coefficient (Wildman–Crippen LogP) is 1.92. The highest BCUT2D eigenvalue weighted by Crippen LogP contribution is 2.22. The fraction of sp³-hybridized carbons (Fsp3) is 0.200. The topological polar surface area (TPSA) is 74.4 Å². The number of hydrogen-bond donors (Lipinski definition) is 1. The molecule has 0 unspecified atom stereocenters. The zero-order chi connectivity index (χ0) is 14.4. The van der Waals surface area contributed by atoms with Crippen LogP contribution in [0.1, 0.15) is 16.1 Å². The van der Waals surface area contributed by atoms with Gasteiger partial charge in [0.2, 0.25) is 5.78 Å². The van der Waals surface area contributed by atoms with Crippen LogP contribution in [0.2, 0.25) is 0 Å². The molecule has 0 atom stereocenters. The third kappa shape index (κ3) is 3.13. The number of para-hydroxylation sites is 1. The van der Waals surface area contributed by atoms with Gasteiger partial charge in [-0.1, -0.05) is 12.1 Å². The second kappa shape index (κ2) is 6.68. The molecule has 2 rings (SSSR count). The van der Waals surface area contributed by atoms with Gasteiger partial charge in [-0.25, -0.2) is 0 Å². The minimum atomic E-state index is -0.254. The predicted molar refractivity (Wildman–Crippen MR) is 75.9 cm³/mol. The summed E-state index contributed by atoms with van der Waals surface area (Å²) in [5.41, 5.74) is 6.81. The van der Waals surface area contributed by atoms with Gasteiger partial charge in [0, 0.05) is 13.3 Å². The van der Waals surface area contributed by atoms with E-state index in [9.17, 15) is 4.79 Å². The molecule has 0 fully saturated rings. The van der Waals surface area contributed by atoms with Crippen LogP contribution >= 0.6 is 0 Å². The lowest BCUT2D eigenvalue weighted by Gasteiger charge is -2.10. The Labute approximate surface area is 117 Å². The molecule has 0 aliphatic rings. The summed E-state index contributed by atoms with van der Waals surface area (Å²) in [4.78, 5) is 16.5. The Kier molecular flexibility index (Phi) is 4.68. The lowest BCUT2D eigenvalue weighted by Crippen LogP contribution is -2.11. The van der Waals surface area contributed by atoms with Crippen LogP contribution in [0.5, 0.6) is 5.75 Å². The van der Waals surface area contributed by atoms with Crippen molar-refractivity contribution in [2.75, 3.05) is 26.1 Å². The van der Waals surface area contributed by atoms with E-state index in [-0.39, 0.29) is 11.5 Å². The molecule has 2 N–H and O–H groups in total. The van der Waals surface area contributed by atoms with Gasteiger partial charge in [0.15, 0.2) is 0 Å². The number of methoxy groups -OCH3 is 1. The van der Waals surface area contributed by atoms with Crippen molar-refractivity contribution in [2.24, 2.45) is 0 Å². The monoisotopic (exact) mass is 272 g/mol. The van der Waals surface area contributed by atoms with Gasteiger partial charge in [0.05, 0.1) is 17.9 Å². The third-order valence-electron chi connectivity index (χ3n) is 2.73. The SMILES string of the molecule is COCCOc1ccccc1C(=O)c1ncccc1N. The van der Waals surface area contributed by atoms with Crippen molar-refractivity contribution in [1.29, 1.82) is 0 Å². The highest BCUT2D eigenvalue weighted by Gasteiger charge is 2.17. The van der Waals surface area contributed by atoms with Gasteiger partial charge in [-0.2, -0.15) is 0 Å². The molecular formula is C15H16N2O3. The number of ketones is 1. The molecular weight excluding hydrogens is 256 g/mol. The first-order valence-corrected chi connectivity index (χ1v) is 6.20. The molecule has 0 amide bonds. The maximum Gasteiger partial charge on any atom is 0.217 e. The molecule has 104 valence electrons. The van der Waals surface area contributed by atoms with E-state index in [2.05, 4.69) is 4.98 Å². The number of rotatable bonds is 6. The lowest BCUT2D eigenvalue weighted by atomic mass is 10.1. The molecule has 5 nitrogen and oxygen atoms in total. The summed E-state index contributed by atoms with van der Waals surface area (Å²) in [6.45, 7) is 0.826. The smallest absolute Gasteiger partial charge is 0.217 e. The van der Waals surface area contributed by atoms with E-state index in [1.165, 1.54) is 6.20 Å². The standard InChI is InChI=1S/C15H16N2O3/c1-19-9-10-20-13-7-3-2-5-11(13)15(18)14-12(16)6-4-8-17-14/h2-8H,9-10,16H2,1H3. The Bertz CT molecular complexity index is 599. The number of carbonyl (C=O) groups excluding carboxylic acids is 1. The van der Waals surface area contributed by atoms with E-state index in [1.807, 2.05) is 0 Å². The fourth-order valence-corrected chi connectivity index (χ4v) is 1.75. The molecule has 1 heterocycles. The summed E-state index contributed by atoms with van der Waals surface area (Å²) in [5.74, 6) is 0.246. The van der Waals surface area contributed by atoms with Gasteiger partial charge < -0.3 is 15.2 Å². The van der Waals surface area contributed by atoms with Crippen LogP contribution in [-0.2, 0) is 4.74 Å². The molecule has 5 heteroatoms. The Hall–Kier alpha value is -2.40. The summed E-state index contributed by atoms with van der Waals surface area (Å²) in [6, 6.07) is 10.3. The minimum Gasteiger partial charge on any atom is -0.490 e. The minimum absolute atomic E-state index is 0.232. The Morgan fingerprint density at radius 1 is 1.20 bits per heavy atom. The number of nitrogens with zero attached hydrogens (tertiary/aromatic N) is 1. The van der Waals surface area contributed by atoms with Gasteiger partial charge in [-0.15, -0.1) is 0 Å². The molecule has 1 aromatic carbocycles. The molecule has 0 radical (unpaired) electrons. The van der Waals surface area contributed by atoms with E-state index in [4.69, 9.17) is 15.2 Å². The normalized spacial score (nSPS) is 10.2. The Balaban J connectivity index is 2.28. The second-order valence-corrected chi connectivity index (χ2v) is 4.11. The molecule has 0 bridgehead atoms. The van der Waals surface area contributed by atoms with Crippen LogP contribution in [0.4, 0.5) is 5.69 Å². The maximum absolute atomic E-state index is 12.5. The zero-order valence-electron chi connectivity index (χ0n) is 11.2. The molecule has 20 heavy (non-hydrogen) atoms. The number of aromatic nitrogens is 1. The summed E-state index contributed by atoms with van der Waals surface area (Å²) in [7, 11) is 1.59. The highest BCUT2D eigenvalue weighted by molar-refractivity contribution is 6.12. The lowest BCUT2D eigenvalue weighted by molar-refractivity contribution is 0.102. The molecule has 0 aliphatic carbocycles. The van der Waals surface area contributed by atoms with Crippen molar-refractivity contribution >= 4 is 11.5 Å². The van der Waals surface area contributed by atoms with E-state index in [1.54, 1.807) is 43.5 Å². The Morgan fingerprint density at radius 2 is 2.00 bits per heavy atom. The van der Waals surface area contributed by atoms with Crippen molar-refractivity contribution in [2.45, 2.75) is 0 Å². The quantitative estimate of drug-likeness (QED) is 0.642. The van der Waals surface area contributed by atoms with E-state index in [0.717, 1.165) is 0 Å². The second-order valence-electron chi connectivity index (χ2n) is 4.11. The first-order valence-electron chi connectivity index (χ1n) is 6.20. The van der Waals surface area contributed by atoms with E-state index < -0.39 is 0 Å². The van der Waals surface area contributed by atoms with Crippen molar-refractivity contribution in [1.82, 2.24) is 4.98 Å². The van der Waals surface area contributed by atoms with Gasteiger partial charge in [-0.3, -0.25) is 9.78 Å². The number of anilines is 1. The number of benzene rings is 1. The van der Waals surface area contributed by atoms with Crippen molar-refractivity contribution in [3.05, 3.63) is 53.9 Å². The van der Waals surface area contributed by atoms with Crippen LogP contribution in [-0.4, -0.2) is 31.1 Å². The van der Waals surface area contributed by atoms with Gasteiger partial charge >= 0.3 is 0 Å². The molecule has 2 aromatic rings. The summed E-state index contributed by atoms with van der Waals surface area (Å²) >= 11 is 0. The van der Waals surface area contributed by atoms with Gasteiger partial charge in [0.1, 0.15) is 18.1 Å². The number of nitrogen functional groups attached to an aromatic ring is 1.